The molecular formula is C11H15NO. The number of hydrogen-bond donors (Lipinski definition) is 1. The first-order valence-corrected chi connectivity index (χ1v) is 4.50. The Labute approximate surface area is 79.3 Å². The topological polar surface area (TPSA) is 25.2 Å². The second-order valence-electron chi connectivity index (χ2n) is 3.04. The van der Waals surface area contributed by atoms with Gasteiger partial charge in [-0.2, -0.15) is 0 Å². The molecule has 1 unspecified atom stereocenters. The van der Waals surface area contributed by atoms with Gasteiger partial charge in [0.15, 0.2) is 0 Å². The molecule has 1 rings (SSSR count). The predicted octanol–water partition coefficient (Wildman–Crippen LogP) is 2.09. The summed E-state index contributed by atoms with van der Waals surface area (Å²) in [6, 6.07) is 2.10. The minimum Gasteiger partial charge on any atom is -0.468 e. The van der Waals surface area contributed by atoms with Crippen LogP contribution in [0.2, 0.25) is 0 Å². The molecule has 13 heavy (non-hydrogen) atoms. The summed E-state index contributed by atoms with van der Waals surface area (Å²) < 4.78 is 5.27. The fourth-order valence-corrected chi connectivity index (χ4v) is 1.12. The van der Waals surface area contributed by atoms with Crippen LogP contribution in [0, 0.1) is 19.3 Å². The van der Waals surface area contributed by atoms with Crippen molar-refractivity contribution in [3.05, 3.63) is 23.7 Å². The number of terminal acetylenes is 1. The maximum Gasteiger partial charge on any atom is 0.120 e. The van der Waals surface area contributed by atoms with E-state index >= 15 is 0 Å². The van der Waals surface area contributed by atoms with Crippen molar-refractivity contribution < 1.29 is 4.42 Å². The summed E-state index contributed by atoms with van der Waals surface area (Å²) in [5.74, 6) is 3.65. The van der Waals surface area contributed by atoms with E-state index in [1.807, 2.05) is 13.0 Å². The average molecular weight is 177 g/mol. The molecule has 1 aromatic heterocycles. The molecule has 1 aromatic rings. The molecule has 2 heteroatoms. The van der Waals surface area contributed by atoms with E-state index in [1.54, 1.807) is 6.26 Å². The SMILES string of the molecule is C#CC(CC)NCc1occc1C. The first-order chi connectivity index (χ1) is 6.27. The molecule has 0 bridgehead atoms. The second kappa shape index (κ2) is 4.74. The van der Waals surface area contributed by atoms with Crippen LogP contribution in [0.15, 0.2) is 16.7 Å². The van der Waals surface area contributed by atoms with Gasteiger partial charge in [0.1, 0.15) is 5.76 Å². The summed E-state index contributed by atoms with van der Waals surface area (Å²) in [7, 11) is 0. The van der Waals surface area contributed by atoms with Crippen LogP contribution < -0.4 is 5.32 Å². The Balaban J connectivity index is 2.44. The van der Waals surface area contributed by atoms with Crippen LogP contribution in [-0.2, 0) is 6.54 Å². The summed E-state index contributed by atoms with van der Waals surface area (Å²) in [5.41, 5.74) is 1.17. The third-order valence-electron chi connectivity index (χ3n) is 2.09. The van der Waals surface area contributed by atoms with E-state index in [0.29, 0.717) is 6.54 Å². The minimum atomic E-state index is 0.143. The quantitative estimate of drug-likeness (QED) is 0.712. The van der Waals surface area contributed by atoms with E-state index in [0.717, 1.165) is 12.2 Å². The summed E-state index contributed by atoms with van der Waals surface area (Å²) in [5, 5.41) is 3.23. The molecule has 0 aliphatic heterocycles. The van der Waals surface area contributed by atoms with Gasteiger partial charge in [-0.1, -0.05) is 12.8 Å². The molecule has 0 saturated carbocycles. The van der Waals surface area contributed by atoms with E-state index < -0.39 is 0 Å². The number of aryl methyl sites for hydroxylation is 1. The Morgan fingerprint density at radius 1 is 1.69 bits per heavy atom. The van der Waals surface area contributed by atoms with E-state index in [2.05, 4.69) is 18.2 Å². The number of furan rings is 1. The molecule has 0 aromatic carbocycles. The van der Waals surface area contributed by atoms with Crippen LogP contribution in [0.3, 0.4) is 0 Å². The van der Waals surface area contributed by atoms with Crippen LogP contribution >= 0.6 is 0 Å². The van der Waals surface area contributed by atoms with Crippen molar-refractivity contribution in [1.82, 2.24) is 5.32 Å². The highest BCUT2D eigenvalue weighted by Gasteiger charge is 2.04. The lowest BCUT2D eigenvalue weighted by Gasteiger charge is -2.08. The molecule has 0 amide bonds. The minimum absolute atomic E-state index is 0.143. The summed E-state index contributed by atoms with van der Waals surface area (Å²) in [6.45, 7) is 4.80. The fraction of sp³-hybridized carbons (Fsp3) is 0.455. The lowest BCUT2D eigenvalue weighted by Crippen LogP contribution is -2.26. The molecule has 0 spiro atoms. The van der Waals surface area contributed by atoms with Gasteiger partial charge < -0.3 is 4.42 Å². The van der Waals surface area contributed by atoms with Crippen molar-refractivity contribution in [2.45, 2.75) is 32.9 Å². The van der Waals surface area contributed by atoms with Crippen LogP contribution in [0.5, 0.6) is 0 Å². The standard InChI is InChI=1S/C11H15NO/c1-4-10(5-2)12-8-11-9(3)6-7-13-11/h1,6-7,10,12H,5,8H2,2-3H3. The van der Waals surface area contributed by atoms with Gasteiger partial charge >= 0.3 is 0 Å². The summed E-state index contributed by atoms with van der Waals surface area (Å²) in [6.07, 6.45) is 7.96. The van der Waals surface area contributed by atoms with Gasteiger partial charge in [0, 0.05) is 0 Å². The largest absolute Gasteiger partial charge is 0.468 e. The Morgan fingerprint density at radius 2 is 2.46 bits per heavy atom. The van der Waals surface area contributed by atoms with E-state index in [9.17, 15) is 0 Å². The molecule has 0 radical (unpaired) electrons. The van der Waals surface area contributed by atoms with Gasteiger partial charge in [0.25, 0.3) is 0 Å². The zero-order chi connectivity index (χ0) is 9.68. The molecule has 0 saturated heterocycles. The number of nitrogens with one attached hydrogen (secondary N) is 1. The fourth-order valence-electron chi connectivity index (χ4n) is 1.12. The van der Waals surface area contributed by atoms with E-state index in [-0.39, 0.29) is 6.04 Å². The van der Waals surface area contributed by atoms with Crippen molar-refractivity contribution in [2.75, 3.05) is 0 Å². The smallest absolute Gasteiger partial charge is 0.120 e. The number of rotatable bonds is 4. The van der Waals surface area contributed by atoms with Crippen molar-refractivity contribution in [1.29, 1.82) is 0 Å². The van der Waals surface area contributed by atoms with E-state index in [4.69, 9.17) is 10.8 Å². The monoisotopic (exact) mass is 177 g/mol. The molecule has 0 fully saturated rings. The van der Waals surface area contributed by atoms with Gasteiger partial charge in [-0.3, -0.25) is 5.32 Å². The van der Waals surface area contributed by atoms with Crippen molar-refractivity contribution in [3.8, 4) is 12.3 Å². The summed E-state index contributed by atoms with van der Waals surface area (Å²) >= 11 is 0. The third-order valence-corrected chi connectivity index (χ3v) is 2.09. The van der Waals surface area contributed by atoms with Gasteiger partial charge in [-0.05, 0) is 25.0 Å². The maximum atomic E-state index is 5.32. The lowest BCUT2D eigenvalue weighted by molar-refractivity contribution is 0.465. The van der Waals surface area contributed by atoms with E-state index in [1.165, 1.54) is 5.56 Å². The molecule has 2 nitrogen and oxygen atoms in total. The highest BCUT2D eigenvalue weighted by molar-refractivity contribution is 5.14. The van der Waals surface area contributed by atoms with Crippen LogP contribution in [0.4, 0.5) is 0 Å². The average Bonchev–Trinajstić information content (AvgIpc) is 2.54. The van der Waals surface area contributed by atoms with Gasteiger partial charge in [-0.25, -0.2) is 0 Å². The molecule has 0 aliphatic carbocycles. The zero-order valence-electron chi connectivity index (χ0n) is 8.13. The highest BCUT2D eigenvalue weighted by atomic mass is 16.3. The Kier molecular flexibility index (Phi) is 3.60. The van der Waals surface area contributed by atoms with Gasteiger partial charge in [0.05, 0.1) is 18.8 Å². The Morgan fingerprint density at radius 3 is 2.92 bits per heavy atom. The molecular weight excluding hydrogens is 162 g/mol. The lowest BCUT2D eigenvalue weighted by atomic mass is 10.2. The molecule has 1 atom stereocenters. The Hall–Kier alpha value is -1.20. The normalized spacial score (nSPS) is 12.4. The van der Waals surface area contributed by atoms with Gasteiger partial charge in [0.2, 0.25) is 0 Å². The highest BCUT2D eigenvalue weighted by Crippen LogP contribution is 2.08. The van der Waals surface area contributed by atoms with Gasteiger partial charge in [-0.15, -0.1) is 6.42 Å². The first-order valence-electron chi connectivity index (χ1n) is 4.50. The zero-order valence-corrected chi connectivity index (χ0v) is 8.13. The van der Waals surface area contributed by atoms with Crippen molar-refractivity contribution in [2.24, 2.45) is 0 Å². The molecule has 1 heterocycles. The van der Waals surface area contributed by atoms with Crippen LogP contribution in [-0.4, -0.2) is 6.04 Å². The first kappa shape index (κ1) is 9.88. The molecule has 0 aliphatic rings. The predicted molar refractivity (Wildman–Crippen MR) is 53.2 cm³/mol. The van der Waals surface area contributed by atoms with Crippen molar-refractivity contribution in [3.63, 3.8) is 0 Å². The van der Waals surface area contributed by atoms with Crippen molar-refractivity contribution >= 4 is 0 Å². The van der Waals surface area contributed by atoms with Crippen LogP contribution in [0.1, 0.15) is 24.7 Å². The maximum absolute atomic E-state index is 5.32. The molecule has 70 valence electrons. The number of hydrogen-bond acceptors (Lipinski definition) is 2. The second-order valence-corrected chi connectivity index (χ2v) is 3.04. The Bertz CT molecular complexity index is 295. The molecule has 1 N–H and O–H groups in total. The third kappa shape index (κ3) is 2.64. The summed E-state index contributed by atoms with van der Waals surface area (Å²) in [4.78, 5) is 0. The van der Waals surface area contributed by atoms with Crippen LogP contribution in [0.25, 0.3) is 0 Å².